The van der Waals surface area contributed by atoms with Crippen molar-refractivity contribution < 1.29 is 47.6 Å². The van der Waals surface area contributed by atoms with E-state index in [1.165, 1.54) is 30.3 Å². The standard InChI is InChI=1S/C46H53N5O10/c1-7-28-14-32-22-47-37-20-41(39(56-4)18-35(37)45(54)50(32)24-28)60-26-30-13-31(17-34(16-30)59-12-11-49(3)43(52)9-10-44(53)58-6)27-61-42-21-38-36(19-40(42)57-5)46(55)51-25-29(8-2)15-33(51)23-48-38/h7-8,13,16-22,32-33,48H,9-12,14-15,23-27H2,1-6H3/b28-7+,29-8+/t32-,33?/m0/s1. The van der Waals surface area contributed by atoms with Crippen molar-refractivity contribution in [2.24, 2.45) is 4.99 Å². The Morgan fingerprint density at radius 3 is 2.10 bits per heavy atom. The van der Waals surface area contributed by atoms with Crippen LogP contribution in [0.2, 0.25) is 0 Å². The lowest BCUT2D eigenvalue weighted by Gasteiger charge is -2.21. The highest BCUT2D eigenvalue weighted by molar-refractivity contribution is 6.04. The summed E-state index contributed by atoms with van der Waals surface area (Å²) in [5.74, 6) is 1.40. The fourth-order valence-corrected chi connectivity index (χ4v) is 7.99. The van der Waals surface area contributed by atoms with Crippen LogP contribution >= 0.6 is 0 Å². The third kappa shape index (κ3) is 9.45. The van der Waals surface area contributed by atoms with Gasteiger partial charge in [-0.3, -0.25) is 24.2 Å². The molecule has 4 aliphatic heterocycles. The second-order valence-corrected chi connectivity index (χ2v) is 15.4. The van der Waals surface area contributed by atoms with Crippen LogP contribution in [0.25, 0.3) is 0 Å². The first-order chi connectivity index (χ1) is 29.5. The van der Waals surface area contributed by atoms with E-state index in [1.807, 2.05) is 54.1 Å². The zero-order chi connectivity index (χ0) is 43.2. The zero-order valence-electron chi connectivity index (χ0n) is 35.6. The summed E-state index contributed by atoms with van der Waals surface area (Å²) < 4.78 is 35.0. The lowest BCUT2D eigenvalue weighted by Crippen LogP contribution is -2.36. The number of benzene rings is 3. The molecule has 4 aliphatic rings. The maximum Gasteiger partial charge on any atom is 0.306 e. The van der Waals surface area contributed by atoms with Gasteiger partial charge in [-0.15, -0.1) is 0 Å². The molecule has 1 N–H and O–H groups in total. The number of hydrogen-bond acceptors (Lipinski definition) is 12. The largest absolute Gasteiger partial charge is 0.493 e. The number of amides is 3. The van der Waals surface area contributed by atoms with E-state index in [1.54, 1.807) is 32.4 Å². The molecule has 3 aromatic rings. The number of methoxy groups -OCH3 is 3. The van der Waals surface area contributed by atoms with Crippen LogP contribution in [0.3, 0.4) is 0 Å². The Balaban J connectivity index is 1.10. The van der Waals surface area contributed by atoms with Gasteiger partial charge in [0.1, 0.15) is 25.6 Å². The van der Waals surface area contributed by atoms with Crippen molar-refractivity contribution in [1.29, 1.82) is 0 Å². The number of nitrogens with one attached hydrogen (secondary N) is 1. The molecule has 3 amide bonds. The monoisotopic (exact) mass is 835 g/mol. The summed E-state index contributed by atoms with van der Waals surface area (Å²) >= 11 is 0. The minimum atomic E-state index is -0.447. The number of esters is 1. The number of hydrogen-bond donors (Lipinski definition) is 1. The van der Waals surface area contributed by atoms with Crippen LogP contribution in [0.15, 0.2) is 70.8 Å². The molecule has 15 heteroatoms. The summed E-state index contributed by atoms with van der Waals surface area (Å²) in [5, 5.41) is 3.46. The average Bonchev–Trinajstić information content (AvgIpc) is 3.85. The lowest BCUT2D eigenvalue weighted by atomic mass is 10.1. The van der Waals surface area contributed by atoms with Gasteiger partial charge in [0.2, 0.25) is 5.91 Å². The van der Waals surface area contributed by atoms with Crippen LogP contribution in [0.4, 0.5) is 11.4 Å². The van der Waals surface area contributed by atoms with E-state index in [2.05, 4.69) is 22.2 Å². The SMILES string of the molecule is C/C=C1\CC2CNc3cc(OCc4cc(COc5cc6c(cc5OC)C(=O)N5C/C(=C/C)C[C@H]5C=N6)cc(OCCN(C)C(=O)CCC(=O)OC)c4)c(OC)cc3C(=O)N2C1. The average molecular weight is 836 g/mol. The molecule has 2 saturated heterocycles. The maximum atomic E-state index is 13.7. The Kier molecular flexibility index (Phi) is 13.1. The quantitative estimate of drug-likeness (QED) is 0.139. The van der Waals surface area contributed by atoms with Crippen LogP contribution in [-0.4, -0.2) is 118 Å². The van der Waals surface area contributed by atoms with Crippen molar-refractivity contribution in [3.05, 3.63) is 88.0 Å². The summed E-state index contributed by atoms with van der Waals surface area (Å²) in [6.45, 7) is 6.44. The van der Waals surface area contributed by atoms with E-state index in [9.17, 15) is 19.2 Å². The fraction of sp³-hybridized carbons (Fsp3) is 0.413. The van der Waals surface area contributed by atoms with E-state index >= 15 is 0 Å². The molecule has 61 heavy (non-hydrogen) atoms. The molecular formula is C46H53N5O10. The van der Waals surface area contributed by atoms with Gasteiger partial charge in [-0.05, 0) is 68.1 Å². The molecule has 1 unspecified atom stereocenters. The molecule has 2 fully saturated rings. The van der Waals surface area contributed by atoms with Gasteiger partial charge in [-0.25, -0.2) is 0 Å². The number of aliphatic imine (C=N–C) groups is 1. The molecule has 0 spiro atoms. The summed E-state index contributed by atoms with van der Waals surface area (Å²) in [7, 11) is 6.02. The smallest absolute Gasteiger partial charge is 0.306 e. The van der Waals surface area contributed by atoms with Crippen LogP contribution < -0.4 is 29.0 Å². The van der Waals surface area contributed by atoms with E-state index in [0.717, 1.165) is 24.0 Å². The minimum Gasteiger partial charge on any atom is -0.493 e. The summed E-state index contributed by atoms with van der Waals surface area (Å²) in [6.07, 6.45) is 7.57. The minimum absolute atomic E-state index is 0.00229. The van der Waals surface area contributed by atoms with Crippen LogP contribution in [0.5, 0.6) is 28.7 Å². The van der Waals surface area contributed by atoms with Gasteiger partial charge in [-0.2, -0.15) is 0 Å². The van der Waals surface area contributed by atoms with Gasteiger partial charge < -0.3 is 48.4 Å². The van der Waals surface area contributed by atoms with Crippen LogP contribution in [-0.2, 0) is 27.5 Å². The van der Waals surface area contributed by atoms with Gasteiger partial charge in [0.05, 0.1) is 68.9 Å². The first-order valence-electron chi connectivity index (χ1n) is 20.5. The highest BCUT2D eigenvalue weighted by Crippen LogP contribution is 2.40. The van der Waals surface area contributed by atoms with Crippen molar-refractivity contribution in [3.8, 4) is 28.7 Å². The number of carbonyl (C=O) groups excluding carboxylic acids is 4. The number of likely N-dealkylation sites (N-methyl/N-ethyl adjacent to an activating group) is 1. The predicted molar refractivity (Wildman–Crippen MR) is 229 cm³/mol. The molecule has 0 saturated carbocycles. The summed E-state index contributed by atoms with van der Waals surface area (Å²) in [5.41, 5.74) is 6.09. The van der Waals surface area contributed by atoms with Gasteiger partial charge >= 0.3 is 5.97 Å². The maximum absolute atomic E-state index is 13.7. The molecule has 7 rings (SSSR count). The Morgan fingerprint density at radius 1 is 0.787 bits per heavy atom. The summed E-state index contributed by atoms with van der Waals surface area (Å²) in [4.78, 5) is 61.4. The van der Waals surface area contributed by atoms with Crippen LogP contribution in [0, 0.1) is 0 Å². The molecule has 0 bridgehead atoms. The topological polar surface area (TPSA) is 158 Å². The second-order valence-electron chi connectivity index (χ2n) is 15.4. The highest BCUT2D eigenvalue weighted by Gasteiger charge is 2.37. The summed E-state index contributed by atoms with van der Waals surface area (Å²) in [6, 6.07) is 12.5. The van der Waals surface area contributed by atoms with Gasteiger partial charge in [0.15, 0.2) is 23.0 Å². The van der Waals surface area contributed by atoms with E-state index < -0.39 is 5.97 Å². The number of carbonyl (C=O) groups is 4. The van der Waals surface area contributed by atoms with E-state index in [4.69, 9.17) is 28.7 Å². The van der Waals surface area contributed by atoms with Crippen molar-refractivity contribution in [3.63, 3.8) is 0 Å². The second kappa shape index (κ2) is 18.8. The number of anilines is 1. The van der Waals surface area contributed by atoms with Crippen molar-refractivity contribution in [2.45, 2.75) is 64.8 Å². The fourth-order valence-electron chi connectivity index (χ4n) is 7.99. The van der Waals surface area contributed by atoms with Crippen LogP contribution in [0.1, 0.15) is 71.4 Å². The number of nitrogens with zero attached hydrogens (tertiary/aromatic N) is 4. The zero-order valence-corrected chi connectivity index (χ0v) is 35.6. The Hall–Kier alpha value is -6.51. The third-order valence-corrected chi connectivity index (χ3v) is 11.6. The number of allylic oxidation sites excluding steroid dienone is 2. The lowest BCUT2D eigenvalue weighted by molar-refractivity contribution is -0.143. The molecule has 2 atom stereocenters. The Labute approximate surface area is 355 Å². The number of fused-ring (bicyclic) bond motifs is 4. The highest BCUT2D eigenvalue weighted by atomic mass is 16.5. The molecule has 322 valence electrons. The predicted octanol–water partition coefficient (Wildman–Crippen LogP) is 6.12. The normalized spacial score (nSPS) is 19.0. The third-order valence-electron chi connectivity index (χ3n) is 11.6. The van der Waals surface area contributed by atoms with Crippen molar-refractivity contribution in [2.75, 3.05) is 66.5 Å². The Bertz CT molecular complexity index is 2290. The molecular weight excluding hydrogens is 783 g/mol. The first-order valence-corrected chi connectivity index (χ1v) is 20.5. The molecule has 0 aromatic heterocycles. The van der Waals surface area contributed by atoms with Crippen molar-refractivity contribution >= 4 is 41.3 Å². The van der Waals surface area contributed by atoms with Gasteiger partial charge in [0.25, 0.3) is 11.8 Å². The molecule has 15 nitrogen and oxygen atoms in total. The Morgan fingerprint density at radius 2 is 1.43 bits per heavy atom. The van der Waals surface area contributed by atoms with Gasteiger partial charge in [-0.1, -0.05) is 23.3 Å². The van der Waals surface area contributed by atoms with E-state index in [-0.39, 0.29) is 69.0 Å². The van der Waals surface area contributed by atoms with Gasteiger partial charge in [0, 0.05) is 51.5 Å². The molecule has 3 aromatic carbocycles. The molecule has 0 radical (unpaired) electrons. The number of ether oxygens (including phenoxy) is 6. The molecule has 0 aliphatic carbocycles. The van der Waals surface area contributed by atoms with Crippen molar-refractivity contribution in [1.82, 2.24) is 14.7 Å². The number of rotatable bonds is 15. The van der Waals surface area contributed by atoms with E-state index in [0.29, 0.717) is 70.9 Å². The molecule has 4 heterocycles. The first kappa shape index (κ1) is 42.6.